The van der Waals surface area contributed by atoms with Crippen LogP contribution in [0.15, 0.2) is 36.7 Å². The van der Waals surface area contributed by atoms with Gasteiger partial charge in [-0.2, -0.15) is 0 Å². The summed E-state index contributed by atoms with van der Waals surface area (Å²) >= 11 is 0. The molecule has 1 unspecified atom stereocenters. The van der Waals surface area contributed by atoms with Gasteiger partial charge >= 0.3 is 0 Å². The van der Waals surface area contributed by atoms with Crippen molar-refractivity contribution in [1.29, 1.82) is 0 Å². The van der Waals surface area contributed by atoms with E-state index in [0.29, 0.717) is 0 Å². The van der Waals surface area contributed by atoms with Crippen LogP contribution in [0.3, 0.4) is 0 Å². The summed E-state index contributed by atoms with van der Waals surface area (Å²) in [7, 11) is 0. The Morgan fingerprint density at radius 2 is 2.28 bits per heavy atom. The van der Waals surface area contributed by atoms with Crippen molar-refractivity contribution in [2.75, 3.05) is 6.54 Å². The SMILES string of the molecule is Cc1nccn1-c1cccc(C2(C)CCCN2)c1. The van der Waals surface area contributed by atoms with E-state index in [0.717, 1.165) is 12.4 Å². The van der Waals surface area contributed by atoms with Crippen LogP contribution in [-0.2, 0) is 5.54 Å². The summed E-state index contributed by atoms with van der Waals surface area (Å²) < 4.78 is 2.13. The maximum absolute atomic E-state index is 4.28. The summed E-state index contributed by atoms with van der Waals surface area (Å²) in [6.07, 6.45) is 6.32. The number of nitrogens with zero attached hydrogens (tertiary/aromatic N) is 2. The second kappa shape index (κ2) is 4.25. The van der Waals surface area contributed by atoms with Gasteiger partial charge in [0.25, 0.3) is 0 Å². The minimum absolute atomic E-state index is 0.129. The topological polar surface area (TPSA) is 29.9 Å². The molecule has 3 nitrogen and oxygen atoms in total. The fourth-order valence-electron chi connectivity index (χ4n) is 2.79. The Kier molecular flexibility index (Phi) is 2.71. The molecule has 3 rings (SSSR count). The quantitative estimate of drug-likeness (QED) is 0.876. The van der Waals surface area contributed by atoms with E-state index in [1.165, 1.54) is 24.1 Å². The predicted octanol–water partition coefficient (Wildman–Crippen LogP) is 2.78. The average molecular weight is 241 g/mol. The number of hydrogen-bond donors (Lipinski definition) is 1. The molecular weight excluding hydrogens is 222 g/mol. The fraction of sp³-hybridized carbons (Fsp3) is 0.400. The molecule has 1 atom stereocenters. The van der Waals surface area contributed by atoms with Crippen molar-refractivity contribution in [2.45, 2.75) is 32.2 Å². The molecule has 1 N–H and O–H groups in total. The fourth-order valence-corrected chi connectivity index (χ4v) is 2.79. The lowest BCUT2D eigenvalue weighted by atomic mass is 9.90. The van der Waals surface area contributed by atoms with Crippen molar-refractivity contribution < 1.29 is 0 Å². The lowest BCUT2D eigenvalue weighted by Gasteiger charge is -2.25. The van der Waals surface area contributed by atoms with Gasteiger partial charge in [-0.1, -0.05) is 12.1 Å². The molecule has 18 heavy (non-hydrogen) atoms. The highest BCUT2D eigenvalue weighted by Crippen LogP contribution is 2.31. The number of benzene rings is 1. The van der Waals surface area contributed by atoms with Crippen molar-refractivity contribution >= 4 is 0 Å². The molecule has 0 spiro atoms. The molecule has 2 heterocycles. The first-order chi connectivity index (χ1) is 8.69. The van der Waals surface area contributed by atoms with Crippen LogP contribution in [0.4, 0.5) is 0 Å². The second-order valence-electron chi connectivity index (χ2n) is 5.26. The van der Waals surface area contributed by atoms with Crippen LogP contribution < -0.4 is 5.32 Å². The van der Waals surface area contributed by atoms with Gasteiger partial charge in [-0.25, -0.2) is 4.98 Å². The molecule has 3 heteroatoms. The van der Waals surface area contributed by atoms with Crippen molar-refractivity contribution in [3.05, 3.63) is 48.0 Å². The highest BCUT2D eigenvalue weighted by molar-refractivity contribution is 5.40. The molecule has 0 amide bonds. The molecule has 2 aromatic rings. The van der Waals surface area contributed by atoms with E-state index in [2.05, 4.69) is 46.1 Å². The molecule has 0 aliphatic carbocycles. The predicted molar refractivity (Wildman–Crippen MR) is 72.9 cm³/mol. The van der Waals surface area contributed by atoms with Crippen LogP contribution in [-0.4, -0.2) is 16.1 Å². The first kappa shape index (κ1) is 11.5. The number of hydrogen-bond acceptors (Lipinski definition) is 2. The molecule has 1 aliphatic heterocycles. The number of rotatable bonds is 2. The van der Waals surface area contributed by atoms with Crippen molar-refractivity contribution in [1.82, 2.24) is 14.9 Å². The Morgan fingerprint density at radius 1 is 1.39 bits per heavy atom. The Labute approximate surface area is 108 Å². The van der Waals surface area contributed by atoms with Crippen molar-refractivity contribution in [3.8, 4) is 5.69 Å². The van der Waals surface area contributed by atoms with Gasteiger partial charge in [0.15, 0.2) is 0 Å². The Hall–Kier alpha value is -1.61. The molecule has 0 radical (unpaired) electrons. The summed E-state index contributed by atoms with van der Waals surface area (Å²) in [5.74, 6) is 1.02. The largest absolute Gasteiger partial charge is 0.308 e. The van der Waals surface area contributed by atoms with Gasteiger partial charge in [0, 0.05) is 23.6 Å². The van der Waals surface area contributed by atoms with Gasteiger partial charge < -0.3 is 9.88 Å². The zero-order valence-electron chi connectivity index (χ0n) is 11.0. The summed E-state index contributed by atoms with van der Waals surface area (Å²) in [6.45, 7) is 5.44. The number of aromatic nitrogens is 2. The van der Waals surface area contributed by atoms with Crippen LogP contribution in [0.1, 0.15) is 31.2 Å². The van der Waals surface area contributed by atoms with E-state index >= 15 is 0 Å². The third-order valence-corrected chi connectivity index (χ3v) is 3.96. The van der Waals surface area contributed by atoms with E-state index < -0.39 is 0 Å². The third kappa shape index (κ3) is 1.85. The van der Waals surface area contributed by atoms with E-state index in [1.807, 2.05) is 19.3 Å². The molecule has 1 aromatic heterocycles. The minimum atomic E-state index is 0.129. The molecule has 94 valence electrons. The Bertz CT molecular complexity index is 550. The van der Waals surface area contributed by atoms with E-state index in [1.54, 1.807) is 0 Å². The third-order valence-electron chi connectivity index (χ3n) is 3.96. The van der Waals surface area contributed by atoms with E-state index in [9.17, 15) is 0 Å². The van der Waals surface area contributed by atoms with Crippen molar-refractivity contribution in [2.24, 2.45) is 0 Å². The molecule has 0 saturated carbocycles. The van der Waals surface area contributed by atoms with Crippen LogP contribution in [0, 0.1) is 6.92 Å². The maximum Gasteiger partial charge on any atom is 0.110 e. The van der Waals surface area contributed by atoms with Gasteiger partial charge in [0.05, 0.1) is 0 Å². The summed E-state index contributed by atoms with van der Waals surface area (Å²) in [4.78, 5) is 4.28. The van der Waals surface area contributed by atoms with Gasteiger partial charge in [-0.15, -0.1) is 0 Å². The first-order valence-electron chi connectivity index (χ1n) is 6.55. The number of aryl methyl sites for hydroxylation is 1. The molecule has 1 fully saturated rings. The summed E-state index contributed by atoms with van der Waals surface area (Å²) in [5, 5.41) is 3.61. The van der Waals surface area contributed by atoms with Gasteiger partial charge in [-0.05, 0) is 50.9 Å². The summed E-state index contributed by atoms with van der Waals surface area (Å²) in [5.41, 5.74) is 2.69. The highest BCUT2D eigenvalue weighted by atomic mass is 15.1. The van der Waals surface area contributed by atoms with Crippen LogP contribution in [0.25, 0.3) is 5.69 Å². The highest BCUT2D eigenvalue weighted by Gasteiger charge is 2.29. The standard InChI is InChI=1S/C15H19N3/c1-12-16-9-10-18(12)14-6-3-5-13(11-14)15(2)7-4-8-17-15/h3,5-6,9-11,17H,4,7-8H2,1-2H3. The molecule has 0 bridgehead atoms. The first-order valence-corrected chi connectivity index (χ1v) is 6.55. The molecule has 1 aliphatic rings. The van der Waals surface area contributed by atoms with Gasteiger partial charge in [0.2, 0.25) is 0 Å². The van der Waals surface area contributed by atoms with Gasteiger partial charge in [-0.3, -0.25) is 0 Å². The lowest BCUT2D eigenvalue weighted by molar-refractivity contribution is 0.434. The van der Waals surface area contributed by atoms with Gasteiger partial charge in [0.1, 0.15) is 5.82 Å². The smallest absolute Gasteiger partial charge is 0.110 e. The zero-order valence-corrected chi connectivity index (χ0v) is 11.0. The van der Waals surface area contributed by atoms with E-state index in [4.69, 9.17) is 0 Å². The van der Waals surface area contributed by atoms with Crippen molar-refractivity contribution in [3.63, 3.8) is 0 Å². The molecular formula is C15H19N3. The Balaban J connectivity index is 2.02. The van der Waals surface area contributed by atoms with Crippen LogP contribution in [0.5, 0.6) is 0 Å². The van der Waals surface area contributed by atoms with Crippen LogP contribution >= 0.6 is 0 Å². The molecule has 1 aromatic carbocycles. The number of imidazole rings is 1. The monoisotopic (exact) mass is 241 g/mol. The van der Waals surface area contributed by atoms with Crippen LogP contribution in [0.2, 0.25) is 0 Å². The zero-order chi connectivity index (χ0) is 12.6. The number of nitrogens with one attached hydrogen (secondary N) is 1. The Morgan fingerprint density at radius 3 is 2.94 bits per heavy atom. The molecule has 1 saturated heterocycles. The summed E-state index contributed by atoms with van der Waals surface area (Å²) in [6, 6.07) is 8.76. The normalized spacial score (nSPS) is 23.4. The maximum atomic E-state index is 4.28. The van der Waals surface area contributed by atoms with E-state index in [-0.39, 0.29) is 5.54 Å². The minimum Gasteiger partial charge on any atom is -0.308 e. The lowest BCUT2D eigenvalue weighted by Crippen LogP contribution is -2.33. The second-order valence-corrected chi connectivity index (χ2v) is 5.26. The average Bonchev–Trinajstić information content (AvgIpc) is 2.99.